The largest absolute Gasteiger partial charge is 0.348 e. The maximum atomic E-state index is 12.5. The zero-order valence-electron chi connectivity index (χ0n) is 14.6. The quantitative estimate of drug-likeness (QED) is 0.551. The molecule has 1 amide bonds. The summed E-state index contributed by atoms with van der Waals surface area (Å²) in [5.41, 5.74) is 3.72. The molecule has 0 aliphatic rings. The number of halogens is 1. The number of nitrogens with one attached hydrogen (secondary N) is 1. The molecule has 0 unspecified atom stereocenters. The highest BCUT2D eigenvalue weighted by atomic mass is 35.5. The van der Waals surface area contributed by atoms with E-state index in [2.05, 4.69) is 10.4 Å². The molecule has 1 N–H and O–H groups in total. The van der Waals surface area contributed by atoms with E-state index in [0.29, 0.717) is 23.7 Å². The number of rotatable bonds is 5. The molecule has 4 nitrogen and oxygen atoms in total. The van der Waals surface area contributed by atoms with Crippen LogP contribution in [0.25, 0.3) is 10.9 Å². The third-order valence-corrected chi connectivity index (χ3v) is 4.70. The van der Waals surface area contributed by atoms with Gasteiger partial charge in [0.1, 0.15) is 0 Å². The van der Waals surface area contributed by atoms with Gasteiger partial charge in [0.15, 0.2) is 0 Å². The molecular formula is C22H18ClN3O. The summed E-state index contributed by atoms with van der Waals surface area (Å²) < 4.78 is 1.90. The summed E-state index contributed by atoms with van der Waals surface area (Å²) in [5.74, 6) is -0.0972. The van der Waals surface area contributed by atoms with Crippen molar-refractivity contribution >= 4 is 28.4 Å². The average molecular weight is 376 g/mol. The van der Waals surface area contributed by atoms with Crippen LogP contribution < -0.4 is 5.32 Å². The van der Waals surface area contributed by atoms with E-state index in [0.717, 1.165) is 22.0 Å². The minimum Gasteiger partial charge on any atom is -0.348 e. The van der Waals surface area contributed by atoms with Crippen molar-refractivity contribution in [2.75, 3.05) is 0 Å². The Balaban J connectivity index is 1.54. The summed E-state index contributed by atoms with van der Waals surface area (Å²) in [6, 6.07) is 23.2. The molecule has 4 aromatic rings. The number of amides is 1. The Labute approximate surface area is 162 Å². The van der Waals surface area contributed by atoms with Crippen LogP contribution >= 0.6 is 11.6 Å². The number of carbonyl (C=O) groups excluding carboxylic acids is 1. The highest BCUT2D eigenvalue weighted by Gasteiger charge is 2.10. The third-order valence-electron chi connectivity index (χ3n) is 4.45. The third kappa shape index (κ3) is 4.01. The number of carbonyl (C=O) groups is 1. The molecule has 0 radical (unpaired) electrons. The van der Waals surface area contributed by atoms with Crippen molar-refractivity contribution in [3.05, 3.63) is 101 Å². The second kappa shape index (κ2) is 7.64. The number of aromatic nitrogens is 2. The van der Waals surface area contributed by atoms with Crippen molar-refractivity contribution in [2.45, 2.75) is 13.1 Å². The van der Waals surface area contributed by atoms with Gasteiger partial charge in [-0.05, 0) is 35.4 Å². The predicted octanol–water partition coefficient (Wildman–Crippen LogP) is 4.67. The van der Waals surface area contributed by atoms with E-state index < -0.39 is 0 Å². The molecule has 4 rings (SSSR count). The number of benzene rings is 3. The van der Waals surface area contributed by atoms with Crippen LogP contribution in [0.1, 0.15) is 21.5 Å². The van der Waals surface area contributed by atoms with Gasteiger partial charge in [-0.1, -0.05) is 60.1 Å². The fraction of sp³-hybridized carbons (Fsp3) is 0.0909. The van der Waals surface area contributed by atoms with Crippen molar-refractivity contribution in [2.24, 2.45) is 0 Å². The molecule has 5 heteroatoms. The van der Waals surface area contributed by atoms with Crippen LogP contribution in [0.4, 0.5) is 0 Å². The summed E-state index contributed by atoms with van der Waals surface area (Å²) in [6.45, 7) is 1.12. The van der Waals surface area contributed by atoms with Crippen molar-refractivity contribution in [3.63, 3.8) is 0 Å². The molecule has 1 aromatic heterocycles. The molecule has 0 saturated carbocycles. The van der Waals surface area contributed by atoms with Crippen molar-refractivity contribution in [3.8, 4) is 0 Å². The molecule has 1 heterocycles. The molecular weight excluding hydrogens is 358 g/mol. The highest BCUT2D eigenvalue weighted by molar-refractivity contribution is 6.30. The van der Waals surface area contributed by atoms with Gasteiger partial charge in [-0.3, -0.25) is 9.48 Å². The monoisotopic (exact) mass is 375 g/mol. The van der Waals surface area contributed by atoms with Crippen LogP contribution in [-0.2, 0) is 13.1 Å². The van der Waals surface area contributed by atoms with E-state index in [9.17, 15) is 4.79 Å². The first-order valence-electron chi connectivity index (χ1n) is 8.71. The van der Waals surface area contributed by atoms with Gasteiger partial charge in [-0.15, -0.1) is 0 Å². The topological polar surface area (TPSA) is 46.9 Å². The smallest absolute Gasteiger partial charge is 0.251 e. The van der Waals surface area contributed by atoms with Gasteiger partial charge in [0.05, 0.1) is 18.3 Å². The summed E-state index contributed by atoms with van der Waals surface area (Å²) in [5, 5.41) is 9.14. The van der Waals surface area contributed by atoms with Gasteiger partial charge in [0, 0.05) is 22.5 Å². The van der Waals surface area contributed by atoms with E-state index in [1.807, 2.05) is 83.7 Å². The first-order chi connectivity index (χ1) is 13.2. The lowest BCUT2D eigenvalue weighted by atomic mass is 10.1. The highest BCUT2D eigenvalue weighted by Crippen LogP contribution is 2.18. The number of nitrogens with zero attached hydrogens (tertiary/aromatic N) is 2. The molecule has 0 bridgehead atoms. The fourth-order valence-electron chi connectivity index (χ4n) is 2.98. The summed E-state index contributed by atoms with van der Waals surface area (Å²) in [4.78, 5) is 12.5. The van der Waals surface area contributed by atoms with Gasteiger partial charge in [-0.2, -0.15) is 5.10 Å². The van der Waals surface area contributed by atoms with E-state index in [-0.39, 0.29) is 5.91 Å². The Kier molecular flexibility index (Phi) is 4.90. The first-order valence-corrected chi connectivity index (χ1v) is 9.09. The molecule has 0 spiro atoms. The maximum Gasteiger partial charge on any atom is 0.251 e. The normalized spacial score (nSPS) is 10.9. The van der Waals surface area contributed by atoms with Crippen LogP contribution in [0.2, 0.25) is 5.02 Å². The van der Waals surface area contributed by atoms with Crippen molar-refractivity contribution < 1.29 is 4.79 Å². The molecule has 27 heavy (non-hydrogen) atoms. The molecule has 0 aliphatic heterocycles. The zero-order chi connectivity index (χ0) is 18.6. The van der Waals surface area contributed by atoms with Crippen LogP contribution in [0, 0.1) is 0 Å². The van der Waals surface area contributed by atoms with Gasteiger partial charge in [-0.25, -0.2) is 0 Å². The van der Waals surface area contributed by atoms with Gasteiger partial charge in [0.25, 0.3) is 5.91 Å². The Morgan fingerprint density at radius 1 is 0.963 bits per heavy atom. The molecule has 134 valence electrons. The average Bonchev–Trinajstić information content (AvgIpc) is 3.11. The van der Waals surface area contributed by atoms with Crippen molar-refractivity contribution in [1.29, 1.82) is 0 Å². The van der Waals surface area contributed by atoms with Crippen LogP contribution in [0.15, 0.2) is 79.0 Å². The molecule has 0 fully saturated rings. The first kappa shape index (κ1) is 17.3. The summed E-state index contributed by atoms with van der Waals surface area (Å²) in [6.07, 6.45) is 1.82. The minimum atomic E-state index is -0.0972. The second-order valence-corrected chi connectivity index (χ2v) is 6.81. The standard InChI is InChI=1S/C22H18ClN3O/c23-20-10-6-17(7-11-20)15-26-21-12-18(8-9-19(21)14-25-26)22(27)24-13-16-4-2-1-3-5-16/h1-12,14H,13,15H2,(H,24,27). The summed E-state index contributed by atoms with van der Waals surface area (Å²) >= 11 is 5.95. The van der Waals surface area contributed by atoms with Crippen LogP contribution in [0.3, 0.4) is 0 Å². The Morgan fingerprint density at radius 2 is 1.74 bits per heavy atom. The zero-order valence-corrected chi connectivity index (χ0v) is 15.4. The summed E-state index contributed by atoms with van der Waals surface area (Å²) in [7, 11) is 0. The minimum absolute atomic E-state index is 0.0972. The molecule has 3 aromatic carbocycles. The van der Waals surface area contributed by atoms with E-state index in [1.165, 1.54) is 0 Å². The number of hydrogen-bond acceptors (Lipinski definition) is 2. The number of fused-ring (bicyclic) bond motifs is 1. The lowest BCUT2D eigenvalue weighted by molar-refractivity contribution is 0.0951. The predicted molar refractivity (Wildman–Crippen MR) is 108 cm³/mol. The lowest BCUT2D eigenvalue weighted by Crippen LogP contribution is -2.22. The lowest BCUT2D eigenvalue weighted by Gasteiger charge is -2.07. The maximum absolute atomic E-state index is 12.5. The van der Waals surface area contributed by atoms with E-state index >= 15 is 0 Å². The van der Waals surface area contributed by atoms with E-state index in [4.69, 9.17) is 11.6 Å². The SMILES string of the molecule is O=C(NCc1ccccc1)c1ccc2cnn(Cc3ccc(Cl)cc3)c2c1. The molecule has 0 aliphatic carbocycles. The van der Waals surface area contributed by atoms with Gasteiger partial charge < -0.3 is 5.32 Å². The van der Waals surface area contributed by atoms with E-state index in [1.54, 1.807) is 0 Å². The number of hydrogen-bond donors (Lipinski definition) is 1. The molecule has 0 atom stereocenters. The Bertz CT molecular complexity index is 1070. The van der Waals surface area contributed by atoms with Crippen LogP contribution in [-0.4, -0.2) is 15.7 Å². The Hall–Kier alpha value is -3.11. The van der Waals surface area contributed by atoms with Gasteiger partial charge in [0.2, 0.25) is 0 Å². The Morgan fingerprint density at radius 3 is 2.52 bits per heavy atom. The van der Waals surface area contributed by atoms with Crippen molar-refractivity contribution in [1.82, 2.24) is 15.1 Å². The molecule has 0 saturated heterocycles. The fourth-order valence-corrected chi connectivity index (χ4v) is 3.11. The van der Waals surface area contributed by atoms with Crippen LogP contribution in [0.5, 0.6) is 0 Å². The van der Waals surface area contributed by atoms with Gasteiger partial charge >= 0.3 is 0 Å². The second-order valence-electron chi connectivity index (χ2n) is 6.37.